The topological polar surface area (TPSA) is 68.2 Å². The minimum absolute atomic E-state index is 0.351. The molecule has 0 bridgehead atoms. The Morgan fingerprint density at radius 3 is 2.34 bits per heavy atom. The second kappa shape index (κ2) is 8.49. The third-order valence-electron chi connectivity index (χ3n) is 4.58. The number of benzene rings is 2. The molecule has 8 heteroatoms. The molecule has 0 unspecified atom stereocenters. The second-order valence-corrected chi connectivity index (χ2v) is 10.1. The van der Waals surface area contributed by atoms with Crippen LogP contribution < -0.4 is 4.72 Å². The number of rotatable bonds is 5. The summed E-state index contributed by atoms with van der Waals surface area (Å²) in [5.41, 5.74) is 4.34. The highest BCUT2D eigenvalue weighted by Gasteiger charge is 2.28. The lowest BCUT2D eigenvalue weighted by molar-refractivity contribution is 0.0981. The van der Waals surface area contributed by atoms with Crippen molar-refractivity contribution >= 4 is 50.1 Å². The standard InChI is InChI=1S/C21H20ClIN2O3S/c1-4-25-13(2)18(21(26)24-29(3,27)28)19(15-6-5-7-17(23)12-15)20(25)14-8-10-16(22)11-9-14/h5-12H,4H2,1-3H3,(H,24,26). The number of hydrogen-bond donors (Lipinski definition) is 1. The fourth-order valence-corrected chi connectivity index (χ4v) is 4.57. The smallest absolute Gasteiger partial charge is 0.267 e. The Morgan fingerprint density at radius 1 is 1.14 bits per heavy atom. The summed E-state index contributed by atoms with van der Waals surface area (Å²) in [7, 11) is -3.70. The van der Waals surface area contributed by atoms with Gasteiger partial charge in [0.1, 0.15) is 0 Å². The second-order valence-electron chi connectivity index (χ2n) is 6.65. The zero-order valence-corrected chi connectivity index (χ0v) is 19.9. The van der Waals surface area contributed by atoms with Gasteiger partial charge in [0.05, 0.1) is 17.5 Å². The summed E-state index contributed by atoms with van der Waals surface area (Å²) in [5.74, 6) is -0.638. The maximum atomic E-state index is 13.0. The van der Waals surface area contributed by atoms with E-state index < -0.39 is 15.9 Å². The molecular formula is C21H20ClIN2O3S. The van der Waals surface area contributed by atoms with Gasteiger partial charge in [-0.3, -0.25) is 4.79 Å². The molecule has 1 aromatic heterocycles. The minimum atomic E-state index is -3.70. The average Bonchev–Trinajstić information content (AvgIpc) is 2.93. The summed E-state index contributed by atoms with van der Waals surface area (Å²) in [5, 5.41) is 0.617. The van der Waals surface area contributed by atoms with Crippen LogP contribution in [0.1, 0.15) is 23.0 Å². The first-order valence-electron chi connectivity index (χ1n) is 8.89. The Balaban J connectivity index is 2.39. The van der Waals surface area contributed by atoms with Crippen LogP contribution in [-0.2, 0) is 16.6 Å². The van der Waals surface area contributed by atoms with E-state index in [0.29, 0.717) is 28.4 Å². The number of hydrogen-bond acceptors (Lipinski definition) is 3. The number of nitrogens with one attached hydrogen (secondary N) is 1. The van der Waals surface area contributed by atoms with Crippen molar-refractivity contribution in [3.8, 4) is 22.4 Å². The molecule has 0 saturated heterocycles. The van der Waals surface area contributed by atoms with Crippen molar-refractivity contribution in [2.24, 2.45) is 0 Å². The number of aromatic nitrogens is 1. The van der Waals surface area contributed by atoms with Gasteiger partial charge in [0.25, 0.3) is 5.91 Å². The predicted octanol–water partition coefficient (Wildman–Crippen LogP) is 5.10. The van der Waals surface area contributed by atoms with E-state index in [1.807, 2.05) is 54.8 Å². The lowest BCUT2D eigenvalue weighted by atomic mass is 9.96. The molecule has 0 aliphatic rings. The molecule has 1 amide bonds. The molecule has 0 aliphatic heterocycles. The lowest BCUT2D eigenvalue weighted by Gasteiger charge is -2.12. The SMILES string of the molecule is CCn1c(C)c(C(=O)NS(C)(=O)=O)c(-c2cccc(I)c2)c1-c1ccc(Cl)cc1. The van der Waals surface area contributed by atoms with E-state index in [2.05, 4.69) is 27.3 Å². The first-order valence-corrected chi connectivity index (χ1v) is 12.2. The quantitative estimate of drug-likeness (QED) is 0.456. The van der Waals surface area contributed by atoms with Crippen LogP contribution >= 0.6 is 34.2 Å². The minimum Gasteiger partial charge on any atom is -0.344 e. The van der Waals surface area contributed by atoms with Gasteiger partial charge in [-0.2, -0.15) is 0 Å². The highest BCUT2D eigenvalue weighted by Crippen LogP contribution is 2.40. The zero-order valence-electron chi connectivity index (χ0n) is 16.2. The largest absolute Gasteiger partial charge is 0.344 e. The first kappa shape index (κ1) is 21.9. The first-order chi connectivity index (χ1) is 13.6. The summed E-state index contributed by atoms with van der Waals surface area (Å²) in [6, 6.07) is 15.2. The molecule has 0 aliphatic carbocycles. The van der Waals surface area contributed by atoms with E-state index in [-0.39, 0.29) is 0 Å². The van der Waals surface area contributed by atoms with E-state index >= 15 is 0 Å². The Hall–Kier alpha value is -1.84. The fraction of sp³-hybridized carbons (Fsp3) is 0.190. The van der Waals surface area contributed by atoms with Crippen LogP contribution in [0.25, 0.3) is 22.4 Å². The van der Waals surface area contributed by atoms with Crippen LogP contribution in [-0.4, -0.2) is 25.1 Å². The molecule has 1 heterocycles. The summed E-state index contributed by atoms with van der Waals surface area (Å²) < 4.78 is 28.6. The van der Waals surface area contributed by atoms with Gasteiger partial charge >= 0.3 is 0 Å². The highest BCUT2D eigenvalue weighted by atomic mass is 127. The van der Waals surface area contributed by atoms with Gasteiger partial charge in [-0.25, -0.2) is 13.1 Å². The molecule has 0 saturated carbocycles. The van der Waals surface area contributed by atoms with Crippen LogP contribution in [0, 0.1) is 10.5 Å². The predicted molar refractivity (Wildman–Crippen MR) is 126 cm³/mol. The van der Waals surface area contributed by atoms with E-state index in [9.17, 15) is 13.2 Å². The number of sulfonamides is 1. The monoisotopic (exact) mass is 542 g/mol. The van der Waals surface area contributed by atoms with Crippen LogP contribution in [0.2, 0.25) is 5.02 Å². The van der Waals surface area contributed by atoms with Gasteiger partial charge in [-0.1, -0.05) is 35.9 Å². The van der Waals surface area contributed by atoms with Gasteiger partial charge in [0.2, 0.25) is 10.0 Å². The van der Waals surface area contributed by atoms with Gasteiger partial charge in [-0.05, 0) is 71.8 Å². The lowest BCUT2D eigenvalue weighted by Crippen LogP contribution is -2.30. The van der Waals surface area contributed by atoms with Gasteiger partial charge in [-0.15, -0.1) is 0 Å². The molecule has 0 fully saturated rings. The molecule has 152 valence electrons. The Morgan fingerprint density at radius 2 is 1.79 bits per heavy atom. The van der Waals surface area contributed by atoms with E-state index in [1.54, 1.807) is 12.1 Å². The Kier molecular flexibility index (Phi) is 6.40. The Labute approximate surface area is 189 Å². The highest BCUT2D eigenvalue weighted by molar-refractivity contribution is 14.1. The number of nitrogens with zero attached hydrogens (tertiary/aromatic N) is 1. The van der Waals surface area contributed by atoms with E-state index in [4.69, 9.17) is 11.6 Å². The molecule has 0 spiro atoms. The van der Waals surface area contributed by atoms with Crippen molar-refractivity contribution in [3.63, 3.8) is 0 Å². The number of carbonyl (C=O) groups is 1. The maximum Gasteiger partial charge on any atom is 0.267 e. The van der Waals surface area contributed by atoms with Crippen molar-refractivity contribution in [2.75, 3.05) is 6.26 Å². The molecule has 3 aromatic rings. The van der Waals surface area contributed by atoms with Crippen LogP contribution in [0.3, 0.4) is 0 Å². The molecule has 5 nitrogen and oxygen atoms in total. The van der Waals surface area contributed by atoms with Crippen molar-refractivity contribution in [1.29, 1.82) is 0 Å². The van der Waals surface area contributed by atoms with Crippen molar-refractivity contribution in [2.45, 2.75) is 20.4 Å². The number of amides is 1. The molecule has 1 N–H and O–H groups in total. The average molecular weight is 543 g/mol. The third-order valence-corrected chi connectivity index (χ3v) is 6.05. The van der Waals surface area contributed by atoms with Crippen LogP contribution in [0.15, 0.2) is 48.5 Å². The summed E-state index contributed by atoms with van der Waals surface area (Å²) in [6.45, 7) is 4.44. The zero-order chi connectivity index (χ0) is 21.3. The molecular weight excluding hydrogens is 523 g/mol. The van der Waals surface area contributed by atoms with Gasteiger partial charge in [0, 0.05) is 26.4 Å². The van der Waals surface area contributed by atoms with Crippen LogP contribution in [0.5, 0.6) is 0 Å². The molecule has 29 heavy (non-hydrogen) atoms. The van der Waals surface area contributed by atoms with Crippen molar-refractivity contribution < 1.29 is 13.2 Å². The normalized spacial score (nSPS) is 11.5. The molecule has 0 radical (unpaired) electrons. The fourth-order valence-electron chi connectivity index (χ4n) is 3.46. The van der Waals surface area contributed by atoms with E-state index in [0.717, 1.165) is 26.6 Å². The van der Waals surface area contributed by atoms with Crippen molar-refractivity contribution in [3.05, 3.63) is 68.4 Å². The molecule has 3 rings (SSSR count). The summed E-state index contributed by atoms with van der Waals surface area (Å²) in [6.07, 6.45) is 0.974. The summed E-state index contributed by atoms with van der Waals surface area (Å²) in [4.78, 5) is 13.0. The molecule has 2 aromatic carbocycles. The number of carbonyl (C=O) groups excluding carboxylic acids is 1. The number of halogens is 2. The van der Waals surface area contributed by atoms with E-state index in [1.165, 1.54) is 0 Å². The van der Waals surface area contributed by atoms with Gasteiger partial charge in [0.15, 0.2) is 0 Å². The Bertz CT molecular complexity index is 1190. The maximum absolute atomic E-state index is 13.0. The van der Waals surface area contributed by atoms with Gasteiger partial charge < -0.3 is 4.57 Å². The van der Waals surface area contributed by atoms with Crippen molar-refractivity contribution in [1.82, 2.24) is 9.29 Å². The third kappa shape index (κ3) is 4.67. The summed E-state index contributed by atoms with van der Waals surface area (Å²) >= 11 is 8.29. The molecule has 0 atom stereocenters. The van der Waals surface area contributed by atoms with Crippen LogP contribution in [0.4, 0.5) is 0 Å².